The maximum absolute atomic E-state index is 14.1. The number of amides is 7. The molecule has 5 aromatic rings. The van der Waals surface area contributed by atoms with Crippen molar-refractivity contribution in [1.82, 2.24) is 35.3 Å². The van der Waals surface area contributed by atoms with Crippen LogP contribution in [0.15, 0.2) is 83.7 Å². The van der Waals surface area contributed by atoms with Crippen molar-refractivity contribution in [2.75, 3.05) is 39.0 Å². The van der Waals surface area contributed by atoms with Crippen LogP contribution in [-0.4, -0.2) is 112 Å². The van der Waals surface area contributed by atoms with E-state index in [0.29, 0.717) is 34.6 Å². The van der Waals surface area contributed by atoms with Crippen molar-refractivity contribution in [3.8, 4) is 17.1 Å². The molecule has 76 heavy (non-hydrogen) atoms. The Bertz CT molecular complexity index is 3070. The van der Waals surface area contributed by atoms with E-state index in [-0.39, 0.29) is 88.1 Å². The number of hydrogen-bond donors (Lipinski definition) is 6. The number of benzene rings is 3. The average Bonchev–Trinajstić information content (AvgIpc) is 3.83. The number of phenolic OH excluding ortho intramolecular Hbond substituents is 1. The molecule has 2 aliphatic rings. The first-order chi connectivity index (χ1) is 36.3. The number of carbonyl (C=O) groups excluding carboxylic acids is 7. The Morgan fingerprint density at radius 3 is 2.21 bits per heavy atom. The van der Waals surface area contributed by atoms with Crippen LogP contribution in [0.1, 0.15) is 80.3 Å². The summed E-state index contributed by atoms with van der Waals surface area (Å²) in [4.78, 5) is 113. The number of phenols is 1. The number of nitrogens with two attached hydrogens (primary N) is 1. The fraction of sp³-hybridized carbons (Fsp3) is 0.389. The lowest BCUT2D eigenvalue weighted by Crippen LogP contribution is -2.54. The van der Waals surface area contributed by atoms with Crippen LogP contribution in [0.5, 0.6) is 5.75 Å². The number of nitrogens with zero attached hydrogens (tertiary/aromatic N) is 4. The first-order valence-electron chi connectivity index (χ1n) is 25.0. The molecule has 0 spiro atoms. The molecule has 0 saturated carbocycles. The number of ether oxygens (including phenoxy) is 4. The summed E-state index contributed by atoms with van der Waals surface area (Å²) in [7, 11) is 2.92. The van der Waals surface area contributed by atoms with Gasteiger partial charge in [-0.1, -0.05) is 70.2 Å². The van der Waals surface area contributed by atoms with E-state index < -0.39 is 65.3 Å². The average molecular weight is 1050 g/mol. The number of carbonyl (C=O) groups is 7. The topological polar surface area (TPSA) is 292 Å². The standard InChI is InChI=1S/C54H63N9O13/c1-7-36-37-25-35(64)20-21-41(37)58-45-38(36)27-63-43(45)26-40-39(48(63)67)30-73-49(68)54(40,8-2)76-53(72)62(6)24-23-61(5)52(71)75-29-33-16-18-34(19-17-33)57-46(65)42(15-12-22-56-50(55)69)59-47(66)44(31(3)4)60-51(70)74-28-32-13-10-9-11-14-32/h9-11,13-14,16-21,25-26,31,42,44,64H,7-8,12,15,22-24,27-30H2,1-6H3,(H,57,65)(H,59,66)(H,60,70)(H3,55,56,69)/t42-,44-,54-/m0/s1. The van der Waals surface area contributed by atoms with E-state index in [9.17, 15) is 43.5 Å². The smallest absolute Gasteiger partial charge is 0.411 e. The highest BCUT2D eigenvalue weighted by atomic mass is 16.6. The molecule has 0 unspecified atom stereocenters. The second-order valence-corrected chi connectivity index (χ2v) is 18.9. The zero-order valence-electron chi connectivity index (χ0n) is 43.2. The molecule has 0 radical (unpaired) electrons. The van der Waals surface area contributed by atoms with Crippen LogP contribution < -0.4 is 32.6 Å². The first-order valence-corrected chi connectivity index (χ1v) is 25.0. The van der Waals surface area contributed by atoms with Gasteiger partial charge in [-0.2, -0.15) is 0 Å². The predicted molar refractivity (Wildman–Crippen MR) is 277 cm³/mol. The van der Waals surface area contributed by atoms with Gasteiger partial charge >= 0.3 is 30.3 Å². The molecule has 0 saturated heterocycles. The lowest BCUT2D eigenvalue weighted by molar-refractivity contribution is -0.173. The van der Waals surface area contributed by atoms with Crippen LogP contribution in [0.2, 0.25) is 0 Å². The number of aryl methyl sites for hydroxylation is 1. The highest BCUT2D eigenvalue weighted by Crippen LogP contribution is 2.42. The molecule has 402 valence electrons. The number of hydrogen-bond acceptors (Lipinski definition) is 14. The number of urea groups is 1. The van der Waals surface area contributed by atoms with Crippen molar-refractivity contribution in [3.05, 3.63) is 123 Å². The summed E-state index contributed by atoms with van der Waals surface area (Å²) in [6.45, 7) is 6.95. The normalized spacial score (nSPS) is 15.0. The molecule has 7 rings (SSSR count). The zero-order chi connectivity index (χ0) is 54.8. The van der Waals surface area contributed by atoms with Gasteiger partial charge < -0.3 is 65.4 Å². The zero-order valence-corrected chi connectivity index (χ0v) is 43.2. The number of aromatic hydroxyl groups is 1. The Morgan fingerprint density at radius 2 is 1.54 bits per heavy atom. The second kappa shape index (κ2) is 24.1. The quantitative estimate of drug-likeness (QED) is 0.0312. The van der Waals surface area contributed by atoms with Crippen molar-refractivity contribution in [2.24, 2.45) is 11.7 Å². The number of esters is 1. The van der Waals surface area contributed by atoms with Crippen LogP contribution in [-0.2, 0) is 71.7 Å². The summed E-state index contributed by atoms with van der Waals surface area (Å²) in [6, 6.07) is 19.1. The Labute approximate surface area is 438 Å². The van der Waals surface area contributed by atoms with E-state index in [0.717, 1.165) is 22.1 Å². The third-order valence-electron chi connectivity index (χ3n) is 13.4. The summed E-state index contributed by atoms with van der Waals surface area (Å²) >= 11 is 0. The second-order valence-electron chi connectivity index (χ2n) is 18.9. The van der Waals surface area contributed by atoms with Gasteiger partial charge in [0.2, 0.25) is 17.4 Å². The van der Waals surface area contributed by atoms with E-state index >= 15 is 0 Å². The van der Waals surface area contributed by atoms with Crippen molar-refractivity contribution < 1.29 is 57.6 Å². The summed E-state index contributed by atoms with van der Waals surface area (Å²) in [5.41, 5.74) is 8.31. The number of anilines is 1. The molecule has 7 amide bonds. The Balaban J connectivity index is 0.928. The van der Waals surface area contributed by atoms with E-state index in [4.69, 9.17) is 29.7 Å². The van der Waals surface area contributed by atoms with Gasteiger partial charge in [0.25, 0.3) is 5.56 Å². The molecule has 0 fully saturated rings. The van der Waals surface area contributed by atoms with Gasteiger partial charge in [0.1, 0.15) is 37.7 Å². The SMILES string of the molecule is CCc1c2c(nc3ccc(O)cc13)-c1cc3c(c(=O)n1C2)COC(=O)[C@@]3(CC)OC(=O)N(C)CCN(C)C(=O)OCc1ccc(NC(=O)[C@H](CCCNC(N)=O)NC(=O)[C@@H](NC(=O)OCc2ccccc2)C(C)C)cc1. The number of alkyl carbamates (subject to hydrolysis) is 1. The molecule has 3 aromatic carbocycles. The number of nitrogens with one attached hydrogen (secondary N) is 4. The predicted octanol–water partition coefficient (Wildman–Crippen LogP) is 5.52. The molecule has 2 aliphatic heterocycles. The minimum absolute atomic E-state index is 0.000975. The van der Waals surface area contributed by atoms with E-state index in [2.05, 4.69) is 21.3 Å². The number of rotatable bonds is 20. The third-order valence-corrected chi connectivity index (χ3v) is 13.4. The summed E-state index contributed by atoms with van der Waals surface area (Å²) in [5, 5.41) is 21.5. The summed E-state index contributed by atoms with van der Waals surface area (Å²) in [5.74, 6) is -2.32. The van der Waals surface area contributed by atoms with Crippen molar-refractivity contribution in [1.29, 1.82) is 0 Å². The largest absolute Gasteiger partial charge is 0.508 e. The fourth-order valence-electron chi connectivity index (χ4n) is 9.06. The first kappa shape index (κ1) is 55.1. The van der Waals surface area contributed by atoms with Gasteiger partial charge in [0.15, 0.2) is 0 Å². The molecule has 0 aliphatic carbocycles. The molecule has 7 N–H and O–H groups in total. The number of pyridine rings is 2. The molecule has 3 atom stereocenters. The van der Waals surface area contributed by atoms with Crippen molar-refractivity contribution >= 4 is 58.7 Å². The summed E-state index contributed by atoms with van der Waals surface area (Å²) < 4.78 is 23.9. The van der Waals surface area contributed by atoms with Crippen LogP contribution in [0, 0.1) is 5.92 Å². The molecular weight excluding hydrogens is 983 g/mol. The van der Waals surface area contributed by atoms with Gasteiger partial charge in [-0.25, -0.2) is 29.0 Å². The highest BCUT2D eigenvalue weighted by molar-refractivity contribution is 5.98. The lowest BCUT2D eigenvalue weighted by Gasteiger charge is -2.36. The third kappa shape index (κ3) is 12.4. The highest BCUT2D eigenvalue weighted by Gasteiger charge is 2.51. The minimum atomic E-state index is -1.96. The molecule has 2 aromatic heterocycles. The molecule has 22 heteroatoms. The van der Waals surface area contributed by atoms with Crippen LogP contribution in [0.4, 0.5) is 24.9 Å². The van der Waals surface area contributed by atoms with Crippen molar-refractivity contribution in [3.63, 3.8) is 0 Å². The Hall–Kier alpha value is -8.69. The number of cyclic esters (lactones) is 1. The van der Waals surface area contributed by atoms with Crippen LogP contribution in [0.3, 0.4) is 0 Å². The fourth-order valence-corrected chi connectivity index (χ4v) is 9.06. The van der Waals surface area contributed by atoms with Crippen LogP contribution in [0.25, 0.3) is 22.3 Å². The minimum Gasteiger partial charge on any atom is -0.508 e. The van der Waals surface area contributed by atoms with Gasteiger partial charge in [-0.15, -0.1) is 0 Å². The monoisotopic (exact) mass is 1050 g/mol. The lowest BCUT2D eigenvalue weighted by atomic mass is 9.85. The molecule has 4 heterocycles. The van der Waals surface area contributed by atoms with Gasteiger partial charge in [0.05, 0.1) is 29.0 Å². The van der Waals surface area contributed by atoms with Gasteiger partial charge in [0, 0.05) is 55.9 Å². The Kier molecular flexibility index (Phi) is 17.5. The Morgan fingerprint density at radius 1 is 0.855 bits per heavy atom. The number of primary amides is 1. The van der Waals surface area contributed by atoms with E-state index in [1.165, 1.54) is 23.9 Å². The molecule has 22 nitrogen and oxygen atoms in total. The maximum atomic E-state index is 14.1. The number of aromatic nitrogens is 2. The van der Waals surface area contributed by atoms with E-state index in [1.807, 2.05) is 13.0 Å². The van der Waals surface area contributed by atoms with Gasteiger partial charge in [-0.3, -0.25) is 14.4 Å². The van der Waals surface area contributed by atoms with Crippen molar-refractivity contribution in [2.45, 2.75) is 97.4 Å². The summed E-state index contributed by atoms with van der Waals surface area (Å²) in [6.07, 6.45) is -1.49. The maximum Gasteiger partial charge on any atom is 0.411 e. The molecule has 0 bridgehead atoms. The van der Waals surface area contributed by atoms with Gasteiger partial charge in [-0.05, 0) is 84.7 Å². The number of fused-ring (bicyclic) bond motifs is 5. The number of likely N-dealkylation sites (N-methyl/N-ethyl adjacent to an activating group) is 2. The van der Waals surface area contributed by atoms with Crippen LogP contribution >= 0.6 is 0 Å². The van der Waals surface area contributed by atoms with E-state index in [1.54, 1.807) is 98.1 Å². The molecular formula is C54H63N9O13.